The van der Waals surface area contributed by atoms with E-state index < -0.39 is 55.2 Å². The van der Waals surface area contributed by atoms with Crippen LogP contribution in [0.2, 0.25) is 0 Å². The number of halogens is 7. The summed E-state index contributed by atoms with van der Waals surface area (Å²) in [5.41, 5.74) is 5.09. The summed E-state index contributed by atoms with van der Waals surface area (Å²) in [5, 5.41) is 9.33. The second-order valence-corrected chi connectivity index (χ2v) is 13.5. The molecule has 53 heavy (non-hydrogen) atoms. The Morgan fingerprint density at radius 2 is 1.66 bits per heavy atom. The molecule has 5 rings (SSSR count). The lowest BCUT2D eigenvalue weighted by atomic mass is 9.92. The molecule has 0 spiro atoms. The lowest BCUT2D eigenvalue weighted by Crippen LogP contribution is -2.49. The zero-order valence-corrected chi connectivity index (χ0v) is 28.7. The molecule has 0 saturated heterocycles. The van der Waals surface area contributed by atoms with Gasteiger partial charge in [-0.2, -0.15) is 32.1 Å². The van der Waals surface area contributed by atoms with Gasteiger partial charge < -0.3 is 15.8 Å². The minimum absolute atomic E-state index is 0.0354. The molecule has 3 N–H and O–H groups in total. The molecular formula is C34H36F7N9O3. The number of guanidine groups is 1. The Balaban J connectivity index is 1.52. The molecule has 2 amide bonds. The molecule has 284 valence electrons. The standard InChI is InChI=1S/C34H36F7N9O3/c1-32(2,3)14-15-43-30(42)49(28(51)22-6-4-20(5-7-22)23-16-45-48(17-23)29(37)38)25(18-53-31(52)47-33(12-13-33)34(39,40)41)21-8-10-24(11-9-21)50-27(26(35)36)44-19-46-50/h4-11,16-17,19,25-26,29H,12-15,18H2,1-3H3,(H2,42,43)(H,47,52)/t25-/m1/s1. The first-order valence-electron chi connectivity index (χ1n) is 16.3. The van der Waals surface area contributed by atoms with Gasteiger partial charge in [0.2, 0.25) is 0 Å². The van der Waals surface area contributed by atoms with Crippen LogP contribution >= 0.6 is 0 Å². The van der Waals surface area contributed by atoms with E-state index in [2.05, 4.69) is 20.2 Å². The highest BCUT2D eigenvalue weighted by Gasteiger charge is 2.64. The molecule has 2 heterocycles. The van der Waals surface area contributed by atoms with Gasteiger partial charge >= 0.3 is 18.8 Å². The number of aliphatic imine (C=N–C) groups is 1. The van der Waals surface area contributed by atoms with Gasteiger partial charge in [0.15, 0.2) is 11.8 Å². The van der Waals surface area contributed by atoms with E-state index in [9.17, 15) is 40.3 Å². The van der Waals surface area contributed by atoms with Gasteiger partial charge in [0.1, 0.15) is 18.5 Å². The van der Waals surface area contributed by atoms with Crippen LogP contribution in [0.25, 0.3) is 16.8 Å². The molecule has 1 aliphatic rings. The molecule has 0 bridgehead atoms. The van der Waals surface area contributed by atoms with E-state index >= 15 is 0 Å². The Morgan fingerprint density at radius 3 is 2.21 bits per heavy atom. The van der Waals surface area contributed by atoms with Crippen LogP contribution in [0.15, 0.2) is 72.2 Å². The molecule has 4 aromatic rings. The Morgan fingerprint density at radius 1 is 1.00 bits per heavy atom. The molecule has 2 aromatic carbocycles. The third-order valence-corrected chi connectivity index (χ3v) is 8.48. The molecule has 0 unspecified atom stereocenters. The third-order valence-electron chi connectivity index (χ3n) is 8.48. The number of alkyl halides is 7. The number of hydrogen-bond acceptors (Lipinski definition) is 7. The monoisotopic (exact) mass is 751 g/mol. The van der Waals surface area contributed by atoms with E-state index in [0.29, 0.717) is 22.2 Å². The lowest BCUT2D eigenvalue weighted by molar-refractivity contribution is -0.164. The quantitative estimate of drug-likeness (QED) is 0.0884. The van der Waals surface area contributed by atoms with Crippen molar-refractivity contribution in [3.8, 4) is 16.8 Å². The average Bonchev–Trinajstić information content (AvgIpc) is 3.47. The number of benzene rings is 2. The van der Waals surface area contributed by atoms with Crippen molar-refractivity contribution in [3.63, 3.8) is 0 Å². The molecule has 19 heteroatoms. The summed E-state index contributed by atoms with van der Waals surface area (Å²) >= 11 is 0. The number of aromatic nitrogens is 5. The first kappa shape index (κ1) is 38.7. The van der Waals surface area contributed by atoms with Crippen molar-refractivity contribution < 1.29 is 45.1 Å². The molecule has 1 atom stereocenters. The number of amides is 2. The van der Waals surface area contributed by atoms with Crippen LogP contribution in [0.4, 0.5) is 35.5 Å². The lowest BCUT2D eigenvalue weighted by Gasteiger charge is -2.32. The van der Waals surface area contributed by atoms with Crippen molar-refractivity contribution in [2.45, 2.75) is 70.8 Å². The molecule has 1 saturated carbocycles. The summed E-state index contributed by atoms with van der Waals surface area (Å²) in [7, 11) is 0. The van der Waals surface area contributed by atoms with Gasteiger partial charge in [-0.3, -0.25) is 14.7 Å². The van der Waals surface area contributed by atoms with Crippen LogP contribution in [0, 0.1) is 5.41 Å². The topological polar surface area (TPSA) is 146 Å². The van der Waals surface area contributed by atoms with Gasteiger partial charge in [0.25, 0.3) is 12.3 Å². The van der Waals surface area contributed by atoms with Crippen LogP contribution in [0.1, 0.15) is 80.8 Å². The van der Waals surface area contributed by atoms with Crippen molar-refractivity contribution in [1.82, 2.24) is 34.8 Å². The highest BCUT2D eigenvalue weighted by atomic mass is 19.4. The van der Waals surface area contributed by atoms with Gasteiger partial charge in [-0.05, 0) is 60.1 Å². The van der Waals surface area contributed by atoms with Crippen LogP contribution in [-0.4, -0.2) is 72.3 Å². The molecule has 12 nitrogen and oxygen atoms in total. The first-order chi connectivity index (χ1) is 24.9. The van der Waals surface area contributed by atoms with Gasteiger partial charge in [-0.25, -0.2) is 27.9 Å². The molecular weight excluding hydrogens is 715 g/mol. The zero-order chi connectivity index (χ0) is 38.7. The summed E-state index contributed by atoms with van der Waals surface area (Å²) < 4.78 is 101. The fraction of sp³-hybridized carbons (Fsp3) is 0.412. The highest BCUT2D eigenvalue weighted by Crippen LogP contribution is 2.49. The van der Waals surface area contributed by atoms with Gasteiger partial charge in [-0.15, -0.1) is 0 Å². The average molecular weight is 752 g/mol. The van der Waals surface area contributed by atoms with E-state index in [1.54, 1.807) is 0 Å². The van der Waals surface area contributed by atoms with Crippen molar-refractivity contribution in [2.75, 3.05) is 13.2 Å². The Hall–Kier alpha value is -5.49. The van der Waals surface area contributed by atoms with Crippen molar-refractivity contribution in [1.29, 1.82) is 0 Å². The van der Waals surface area contributed by atoms with E-state index in [1.807, 2.05) is 26.1 Å². The van der Waals surface area contributed by atoms with Crippen LogP contribution < -0.4 is 11.1 Å². The number of nitrogens with two attached hydrogens (primary N) is 1. The van der Waals surface area contributed by atoms with Gasteiger partial charge in [-0.1, -0.05) is 45.0 Å². The smallest absolute Gasteiger partial charge is 0.411 e. The predicted octanol–water partition coefficient (Wildman–Crippen LogP) is 7.22. The summed E-state index contributed by atoms with van der Waals surface area (Å²) in [5.74, 6) is -1.71. The summed E-state index contributed by atoms with van der Waals surface area (Å²) in [4.78, 5) is 36.1. The fourth-order valence-electron chi connectivity index (χ4n) is 5.27. The van der Waals surface area contributed by atoms with Crippen LogP contribution in [-0.2, 0) is 4.74 Å². The molecule has 2 aromatic heterocycles. The number of nitrogens with one attached hydrogen (secondary N) is 1. The first-order valence-corrected chi connectivity index (χ1v) is 16.3. The maximum atomic E-state index is 14.3. The van der Waals surface area contributed by atoms with Crippen LogP contribution in [0.5, 0.6) is 0 Å². The SMILES string of the molecule is CC(C)(C)CCN=C(N)N(C(=O)c1ccc(-c2cnn(C(F)F)c2)cc1)[C@H](COC(=O)NC1(C(F)(F)F)CC1)c1ccc(-n2ncnc2C(F)F)cc1. The maximum absolute atomic E-state index is 14.3. The van der Waals surface area contributed by atoms with E-state index in [1.165, 1.54) is 54.7 Å². The molecule has 1 fully saturated rings. The van der Waals surface area contributed by atoms with Gasteiger partial charge in [0, 0.05) is 23.9 Å². The summed E-state index contributed by atoms with van der Waals surface area (Å²) in [6.07, 6.45) is -5.90. The number of carbonyl (C=O) groups is 2. The van der Waals surface area contributed by atoms with E-state index in [-0.39, 0.29) is 47.6 Å². The molecule has 0 aliphatic heterocycles. The summed E-state index contributed by atoms with van der Waals surface area (Å²) in [6.45, 7) is 2.49. The highest BCUT2D eigenvalue weighted by molar-refractivity contribution is 6.06. The Labute approximate surface area is 298 Å². The minimum Gasteiger partial charge on any atom is -0.447 e. The number of hydrogen-bond donors (Lipinski definition) is 2. The van der Waals surface area contributed by atoms with E-state index in [4.69, 9.17) is 10.5 Å². The zero-order valence-electron chi connectivity index (χ0n) is 28.7. The second kappa shape index (κ2) is 15.2. The maximum Gasteiger partial charge on any atom is 0.411 e. The minimum atomic E-state index is -4.73. The Kier molecular flexibility index (Phi) is 11.1. The second-order valence-electron chi connectivity index (χ2n) is 13.5. The molecule has 0 radical (unpaired) electrons. The summed E-state index contributed by atoms with van der Waals surface area (Å²) in [6, 6.07) is 10.1. The number of rotatable bonds is 12. The number of alkyl carbamates (subject to hydrolysis) is 1. The number of nitrogens with zero attached hydrogens (tertiary/aromatic N) is 7. The normalized spacial score (nSPS) is 15.1. The van der Waals surface area contributed by atoms with Gasteiger partial charge in [0.05, 0.1) is 17.9 Å². The Bertz CT molecular complexity index is 1910. The third kappa shape index (κ3) is 9.12. The van der Waals surface area contributed by atoms with Crippen LogP contribution in [0.3, 0.4) is 0 Å². The number of ether oxygens (including phenoxy) is 1. The molecule has 1 aliphatic carbocycles. The van der Waals surface area contributed by atoms with Crippen molar-refractivity contribution >= 4 is 18.0 Å². The largest absolute Gasteiger partial charge is 0.447 e. The van der Waals surface area contributed by atoms with Crippen molar-refractivity contribution in [3.05, 3.63) is 84.2 Å². The van der Waals surface area contributed by atoms with E-state index in [0.717, 1.165) is 22.1 Å². The predicted molar refractivity (Wildman–Crippen MR) is 177 cm³/mol. The fourth-order valence-corrected chi connectivity index (χ4v) is 5.27. The number of carbonyl (C=O) groups excluding carboxylic acids is 2. The van der Waals surface area contributed by atoms with Crippen molar-refractivity contribution in [2.24, 2.45) is 16.1 Å².